The summed E-state index contributed by atoms with van der Waals surface area (Å²) < 4.78 is 6.27. The molecule has 8 heteroatoms. The molecular weight excluding hydrogens is 438 g/mol. The van der Waals surface area contributed by atoms with E-state index in [9.17, 15) is 4.79 Å². The lowest BCUT2D eigenvalue weighted by Crippen LogP contribution is -2.12. The molecule has 4 rings (SSSR count). The SMILES string of the molecule is COc1ccc(C(=O)Nc2ccc(Sc3nncs3)c(Cl)c2)cc1-c1ccccc1. The van der Waals surface area contributed by atoms with Crippen molar-refractivity contribution in [2.45, 2.75) is 9.24 Å². The van der Waals surface area contributed by atoms with Gasteiger partial charge in [-0.15, -0.1) is 10.2 Å². The molecule has 5 nitrogen and oxygen atoms in total. The fraction of sp³-hybridized carbons (Fsp3) is 0.0455. The molecule has 1 amide bonds. The number of anilines is 1. The number of carbonyl (C=O) groups excluding carboxylic acids is 1. The summed E-state index contributed by atoms with van der Waals surface area (Å²) in [5.74, 6) is 0.481. The average molecular weight is 454 g/mol. The number of nitrogens with one attached hydrogen (secondary N) is 1. The van der Waals surface area contributed by atoms with Crippen LogP contribution in [0, 0.1) is 0 Å². The molecule has 0 unspecified atom stereocenters. The number of methoxy groups -OCH3 is 1. The topological polar surface area (TPSA) is 64.1 Å². The van der Waals surface area contributed by atoms with Crippen LogP contribution in [-0.4, -0.2) is 23.2 Å². The van der Waals surface area contributed by atoms with Crippen molar-refractivity contribution in [1.29, 1.82) is 0 Å². The van der Waals surface area contributed by atoms with Gasteiger partial charge in [0.15, 0.2) is 4.34 Å². The van der Waals surface area contributed by atoms with Gasteiger partial charge in [0.05, 0.1) is 12.1 Å². The molecule has 1 N–H and O–H groups in total. The summed E-state index contributed by atoms with van der Waals surface area (Å²) in [6, 6.07) is 20.6. The molecule has 30 heavy (non-hydrogen) atoms. The Bertz CT molecular complexity index is 1170. The lowest BCUT2D eigenvalue weighted by Gasteiger charge is -2.12. The van der Waals surface area contributed by atoms with Crippen molar-refractivity contribution < 1.29 is 9.53 Å². The van der Waals surface area contributed by atoms with E-state index in [0.717, 1.165) is 20.4 Å². The highest BCUT2D eigenvalue weighted by Gasteiger charge is 2.13. The first-order valence-electron chi connectivity index (χ1n) is 8.92. The summed E-state index contributed by atoms with van der Waals surface area (Å²) in [7, 11) is 1.62. The molecule has 3 aromatic carbocycles. The van der Waals surface area contributed by atoms with E-state index in [2.05, 4.69) is 15.5 Å². The highest BCUT2D eigenvalue weighted by molar-refractivity contribution is 8.01. The van der Waals surface area contributed by atoms with Crippen LogP contribution in [0.3, 0.4) is 0 Å². The molecule has 0 radical (unpaired) electrons. The van der Waals surface area contributed by atoms with Crippen LogP contribution in [0.25, 0.3) is 11.1 Å². The van der Waals surface area contributed by atoms with Gasteiger partial charge in [0, 0.05) is 21.7 Å². The van der Waals surface area contributed by atoms with Crippen LogP contribution in [0.15, 0.2) is 81.5 Å². The number of benzene rings is 3. The number of carbonyl (C=O) groups is 1. The van der Waals surface area contributed by atoms with Gasteiger partial charge in [-0.1, -0.05) is 65.0 Å². The number of ether oxygens (including phenoxy) is 1. The molecule has 0 spiro atoms. The smallest absolute Gasteiger partial charge is 0.255 e. The molecule has 150 valence electrons. The van der Waals surface area contributed by atoms with Gasteiger partial charge in [-0.2, -0.15) is 0 Å². The molecule has 0 aliphatic carbocycles. The lowest BCUT2D eigenvalue weighted by atomic mass is 10.0. The molecule has 0 aliphatic rings. The molecule has 0 saturated heterocycles. The van der Waals surface area contributed by atoms with E-state index in [4.69, 9.17) is 16.3 Å². The van der Waals surface area contributed by atoms with Gasteiger partial charge in [0.2, 0.25) is 0 Å². The number of aromatic nitrogens is 2. The first kappa shape index (κ1) is 20.4. The van der Waals surface area contributed by atoms with Crippen molar-refractivity contribution in [1.82, 2.24) is 10.2 Å². The predicted molar refractivity (Wildman–Crippen MR) is 122 cm³/mol. The number of nitrogens with zero attached hydrogens (tertiary/aromatic N) is 2. The van der Waals surface area contributed by atoms with Crippen LogP contribution in [0.5, 0.6) is 5.75 Å². The molecule has 1 heterocycles. The summed E-state index contributed by atoms with van der Waals surface area (Å²) in [5.41, 5.74) is 4.64. The van der Waals surface area contributed by atoms with Crippen LogP contribution >= 0.6 is 34.7 Å². The molecule has 0 atom stereocenters. The van der Waals surface area contributed by atoms with Crippen LogP contribution in [0.1, 0.15) is 10.4 Å². The highest BCUT2D eigenvalue weighted by atomic mass is 35.5. The van der Waals surface area contributed by atoms with Gasteiger partial charge in [-0.3, -0.25) is 4.79 Å². The van der Waals surface area contributed by atoms with Crippen LogP contribution in [0.2, 0.25) is 5.02 Å². The largest absolute Gasteiger partial charge is 0.496 e. The molecule has 0 saturated carbocycles. The van der Waals surface area contributed by atoms with E-state index in [1.165, 1.54) is 23.1 Å². The number of halogens is 1. The fourth-order valence-corrected chi connectivity index (χ4v) is 4.59. The maximum Gasteiger partial charge on any atom is 0.255 e. The third-order valence-electron chi connectivity index (χ3n) is 4.27. The van der Waals surface area contributed by atoms with Gasteiger partial charge >= 0.3 is 0 Å². The Balaban J connectivity index is 1.54. The average Bonchev–Trinajstić information content (AvgIpc) is 3.29. The number of hydrogen-bond donors (Lipinski definition) is 1. The van der Waals surface area contributed by atoms with Gasteiger partial charge in [0.25, 0.3) is 5.91 Å². The zero-order valence-electron chi connectivity index (χ0n) is 15.8. The molecule has 0 bridgehead atoms. The van der Waals surface area contributed by atoms with Gasteiger partial charge in [-0.25, -0.2) is 0 Å². The Kier molecular flexibility index (Phi) is 6.32. The van der Waals surface area contributed by atoms with Crippen LogP contribution in [0.4, 0.5) is 5.69 Å². The third-order valence-corrected chi connectivity index (χ3v) is 6.55. The van der Waals surface area contributed by atoms with Crippen molar-refractivity contribution >= 4 is 46.3 Å². The van der Waals surface area contributed by atoms with E-state index in [1.807, 2.05) is 48.5 Å². The quantitative estimate of drug-likeness (QED) is 0.372. The normalized spacial score (nSPS) is 10.6. The highest BCUT2D eigenvalue weighted by Crippen LogP contribution is 2.35. The van der Waals surface area contributed by atoms with Crippen LogP contribution < -0.4 is 10.1 Å². The summed E-state index contributed by atoms with van der Waals surface area (Å²) in [5, 5.41) is 11.3. The summed E-state index contributed by atoms with van der Waals surface area (Å²) >= 11 is 9.27. The van der Waals surface area contributed by atoms with E-state index in [0.29, 0.717) is 22.0 Å². The third kappa shape index (κ3) is 4.64. The maximum atomic E-state index is 12.8. The minimum atomic E-state index is -0.226. The second kappa shape index (κ2) is 9.30. The number of hydrogen-bond acceptors (Lipinski definition) is 6. The van der Waals surface area contributed by atoms with Crippen LogP contribution in [-0.2, 0) is 0 Å². The fourth-order valence-electron chi connectivity index (χ4n) is 2.86. The number of amides is 1. The monoisotopic (exact) mass is 453 g/mol. The zero-order valence-corrected chi connectivity index (χ0v) is 18.2. The van der Waals surface area contributed by atoms with Crippen molar-refractivity contribution in [3.8, 4) is 16.9 Å². The van der Waals surface area contributed by atoms with E-state index >= 15 is 0 Å². The minimum Gasteiger partial charge on any atom is -0.496 e. The first-order chi connectivity index (χ1) is 14.6. The van der Waals surface area contributed by atoms with Crippen molar-refractivity contribution in [2.75, 3.05) is 12.4 Å². The van der Waals surface area contributed by atoms with Gasteiger partial charge in [0.1, 0.15) is 11.3 Å². The lowest BCUT2D eigenvalue weighted by molar-refractivity contribution is 0.102. The first-order valence-corrected chi connectivity index (χ1v) is 11.0. The summed E-state index contributed by atoms with van der Waals surface area (Å²) in [4.78, 5) is 13.7. The van der Waals surface area contributed by atoms with Crippen molar-refractivity contribution in [2.24, 2.45) is 0 Å². The number of rotatable bonds is 6. The Morgan fingerprint density at radius 1 is 1.10 bits per heavy atom. The second-order valence-corrected chi connectivity index (χ2v) is 8.72. The van der Waals surface area contributed by atoms with E-state index in [-0.39, 0.29) is 5.91 Å². The Labute approximate surface area is 187 Å². The summed E-state index contributed by atoms with van der Waals surface area (Å²) in [6.45, 7) is 0. The molecule has 1 aromatic heterocycles. The van der Waals surface area contributed by atoms with Gasteiger partial charge in [-0.05, 0) is 42.0 Å². The minimum absolute atomic E-state index is 0.226. The molecule has 0 fully saturated rings. The molecule has 0 aliphatic heterocycles. The van der Waals surface area contributed by atoms with Crippen molar-refractivity contribution in [3.05, 3.63) is 82.8 Å². The Hall–Kier alpha value is -2.87. The summed E-state index contributed by atoms with van der Waals surface area (Å²) in [6.07, 6.45) is 0. The molecule has 4 aromatic rings. The Morgan fingerprint density at radius 3 is 2.63 bits per heavy atom. The zero-order chi connectivity index (χ0) is 20.9. The standard InChI is InChI=1S/C22H16ClN3O2S2/c1-28-19-9-7-15(11-17(19)14-5-3-2-4-6-14)21(27)25-16-8-10-20(18(23)12-16)30-22-26-24-13-29-22/h2-13H,1H3,(H,25,27). The van der Waals surface area contributed by atoms with E-state index in [1.54, 1.807) is 30.8 Å². The second-order valence-electron chi connectivity index (χ2n) is 6.19. The van der Waals surface area contributed by atoms with Gasteiger partial charge < -0.3 is 10.1 Å². The predicted octanol–water partition coefficient (Wildman–Crippen LogP) is 6.27. The molecular formula is C22H16ClN3O2S2. The maximum absolute atomic E-state index is 12.8. The van der Waals surface area contributed by atoms with Crippen molar-refractivity contribution in [3.63, 3.8) is 0 Å². The Morgan fingerprint density at radius 2 is 1.93 bits per heavy atom. The van der Waals surface area contributed by atoms with E-state index < -0.39 is 0 Å².